The topological polar surface area (TPSA) is 61.4 Å². The van der Waals surface area contributed by atoms with Gasteiger partial charge >= 0.3 is 0 Å². The lowest BCUT2D eigenvalue weighted by Gasteiger charge is -2.20. The van der Waals surface area contributed by atoms with Gasteiger partial charge in [0.2, 0.25) is 5.91 Å². The predicted molar refractivity (Wildman–Crippen MR) is 112 cm³/mol. The molecule has 1 saturated heterocycles. The molecule has 6 heteroatoms. The molecular weight excluding hydrogens is 406 g/mol. The molecule has 0 spiro atoms. The second-order valence-electron chi connectivity index (χ2n) is 6.70. The summed E-state index contributed by atoms with van der Waals surface area (Å²) in [5.74, 6) is -0.113. The van der Waals surface area contributed by atoms with Gasteiger partial charge in [0.25, 0.3) is 5.91 Å². The van der Waals surface area contributed by atoms with Crippen LogP contribution in [0.4, 0.5) is 11.4 Å². The minimum absolute atomic E-state index is 0.0426. The lowest BCUT2D eigenvalue weighted by atomic mass is 10.1. The summed E-state index contributed by atoms with van der Waals surface area (Å²) >= 11 is 3.38. The summed E-state index contributed by atoms with van der Waals surface area (Å²) in [7, 11) is 0. The molecule has 1 fully saturated rings. The van der Waals surface area contributed by atoms with E-state index in [1.54, 1.807) is 12.1 Å². The average molecular weight is 430 g/mol. The Morgan fingerprint density at radius 1 is 0.926 bits per heavy atom. The molecule has 0 aromatic heterocycles. The summed E-state index contributed by atoms with van der Waals surface area (Å²) in [4.78, 5) is 26.8. The van der Waals surface area contributed by atoms with E-state index in [2.05, 4.69) is 26.6 Å². The number of nitrogens with one attached hydrogen (secondary N) is 2. The minimum Gasteiger partial charge on any atom is -0.376 e. The van der Waals surface area contributed by atoms with E-state index in [4.69, 9.17) is 0 Å². The van der Waals surface area contributed by atoms with Gasteiger partial charge in [0.15, 0.2) is 0 Å². The van der Waals surface area contributed by atoms with Gasteiger partial charge in [0.1, 0.15) is 0 Å². The van der Waals surface area contributed by atoms with Crippen molar-refractivity contribution in [3.05, 3.63) is 58.6 Å². The Morgan fingerprint density at radius 3 is 2.33 bits per heavy atom. The number of nitrogens with zero attached hydrogens (tertiary/aromatic N) is 1. The number of rotatable bonds is 5. The third-order valence-corrected chi connectivity index (χ3v) is 5.11. The fourth-order valence-corrected chi connectivity index (χ4v) is 3.41. The Morgan fingerprint density at radius 2 is 1.63 bits per heavy atom. The number of carbonyl (C=O) groups is 2. The standard InChI is InChI=1S/C21H24BrN3O2/c22-17-8-10-18(11-9-17)23-15-20(26)24-19-7-5-6-16(14-19)21(27)25-12-3-1-2-4-13-25/h5-11,14,23H,1-4,12-13,15H2,(H,24,26). The molecule has 0 atom stereocenters. The van der Waals surface area contributed by atoms with Crippen molar-refractivity contribution in [1.29, 1.82) is 0 Å². The zero-order chi connectivity index (χ0) is 19.1. The van der Waals surface area contributed by atoms with E-state index >= 15 is 0 Å². The molecule has 27 heavy (non-hydrogen) atoms. The van der Waals surface area contributed by atoms with Crippen LogP contribution in [0.1, 0.15) is 36.0 Å². The van der Waals surface area contributed by atoms with Gasteiger partial charge < -0.3 is 15.5 Å². The third kappa shape index (κ3) is 5.82. The second-order valence-corrected chi connectivity index (χ2v) is 7.61. The molecule has 0 bridgehead atoms. The molecule has 2 aromatic rings. The van der Waals surface area contributed by atoms with Gasteiger partial charge in [-0.1, -0.05) is 34.8 Å². The number of halogens is 1. The fourth-order valence-electron chi connectivity index (χ4n) is 3.14. The van der Waals surface area contributed by atoms with Crippen LogP contribution in [0.3, 0.4) is 0 Å². The summed E-state index contributed by atoms with van der Waals surface area (Å²) in [6.45, 7) is 1.78. The molecular formula is C21H24BrN3O2. The maximum absolute atomic E-state index is 12.7. The highest BCUT2D eigenvalue weighted by Crippen LogP contribution is 2.17. The SMILES string of the molecule is O=C(CNc1ccc(Br)cc1)Nc1cccc(C(=O)N2CCCCCC2)c1. The van der Waals surface area contributed by atoms with Crippen LogP contribution in [-0.4, -0.2) is 36.3 Å². The number of anilines is 2. The summed E-state index contributed by atoms with van der Waals surface area (Å²) in [5.41, 5.74) is 2.13. The molecule has 1 aliphatic heterocycles. The van der Waals surface area contributed by atoms with E-state index in [1.807, 2.05) is 41.3 Å². The molecule has 0 saturated carbocycles. The van der Waals surface area contributed by atoms with Crippen molar-refractivity contribution < 1.29 is 9.59 Å². The summed E-state index contributed by atoms with van der Waals surface area (Å²) in [5, 5.41) is 5.93. The monoisotopic (exact) mass is 429 g/mol. The predicted octanol–water partition coefficient (Wildman–Crippen LogP) is 4.52. The van der Waals surface area contributed by atoms with Gasteiger partial charge in [0, 0.05) is 34.5 Å². The first kappa shape index (κ1) is 19.4. The number of carbonyl (C=O) groups excluding carboxylic acids is 2. The highest BCUT2D eigenvalue weighted by atomic mass is 79.9. The Balaban J connectivity index is 1.57. The molecule has 1 aliphatic rings. The van der Waals surface area contributed by atoms with Crippen LogP contribution < -0.4 is 10.6 Å². The van der Waals surface area contributed by atoms with Crippen molar-refractivity contribution in [3.63, 3.8) is 0 Å². The van der Waals surface area contributed by atoms with Crippen molar-refractivity contribution in [2.24, 2.45) is 0 Å². The lowest BCUT2D eigenvalue weighted by Crippen LogP contribution is -2.31. The first-order chi connectivity index (χ1) is 13.1. The largest absolute Gasteiger partial charge is 0.376 e. The Kier molecular flexibility index (Phi) is 6.87. The molecule has 0 radical (unpaired) electrons. The Labute approximate surface area is 168 Å². The van der Waals surface area contributed by atoms with Gasteiger partial charge in [-0.2, -0.15) is 0 Å². The van der Waals surface area contributed by atoms with E-state index < -0.39 is 0 Å². The second kappa shape index (κ2) is 9.55. The van der Waals surface area contributed by atoms with Crippen molar-refractivity contribution in [1.82, 2.24) is 4.90 Å². The molecule has 0 aliphatic carbocycles. The van der Waals surface area contributed by atoms with Gasteiger partial charge in [-0.3, -0.25) is 9.59 Å². The molecule has 5 nitrogen and oxygen atoms in total. The normalized spacial score (nSPS) is 14.3. The molecule has 142 valence electrons. The van der Waals surface area contributed by atoms with Crippen molar-refractivity contribution in [2.45, 2.75) is 25.7 Å². The van der Waals surface area contributed by atoms with Gasteiger partial charge in [-0.05, 0) is 55.3 Å². The number of likely N-dealkylation sites (tertiary alicyclic amines) is 1. The zero-order valence-corrected chi connectivity index (χ0v) is 16.8. The van der Waals surface area contributed by atoms with Crippen LogP contribution in [0.15, 0.2) is 53.0 Å². The van der Waals surface area contributed by atoms with Gasteiger partial charge in [-0.15, -0.1) is 0 Å². The van der Waals surface area contributed by atoms with E-state index in [-0.39, 0.29) is 18.4 Å². The van der Waals surface area contributed by atoms with E-state index in [9.17, 15) is 9.59 Å². The van der Waals surface area contributed by atoms with E-state index in [1.165, 1.54) is 12.8 Å². The van der Waals surface area contributed by atoms with Crippen LogP contribution >= 0.6 is 15.9 Å². The molecule has 2 aromatic carbocycles. The first-order valence-electron chi connectivity index (χ1n) is 9.30. The summed E-state index contributed by atoms with van der Waals surface area (Å²) in [6, 6.07) is 14.8. The highest BCUT2D eigenvalue weighted by molar-refractivity contribution is 9.10. The highest BCUT2D eigenvalue weighted by Gasteiger charge is 2.17. The number of benzene rings is 2. The van der Waals surface area contributed by atoms with Crippen molar-refractivity contribution >= 4 is 39.1 Å². The molecule has 2 N–H and O–H groups in total. The van der Waals surface area contributed by atoms with Crippen LogP contribution in [-0.2, 0) is 4.79 Å². The number of hydrogen-bond acceptors (Lipinski definition) is 3. The van der Waals surface area contributed by atoms with Crippen LogP contribution in [0.5, 0.6) is 0 Å². The van der Waals surface area contributed by atoms with Crippen molar-refractivity contribution in [2.75, 3.05) is 30.3 Å². The van der Waals surface area contributed by atoms with Crippen LogP contribution in [0.25, 0.3) is 0 Å². The third-order valence-electron chi connectivity index (χ3n) is 4.58. The first-order valence-corrected chi connectivity index (χ1v) is 10.1. The van der Waals surface area contributed by atoms with Gasteiger partial charge in [-0.25, -0.2) is 0 Å². The maximum atomic E-state index is 12.7. The molecule has 1 heterocycles. The van der Waals surface area contributed by atoms with Crippen LogP contribution in [0.2, 0.25) is 0 Å². The number of amides is 2. The van der Waals surface area contributed by atoms with E-state index in [0.717, 1.165) is 36.1 Å². The zero-order valence-electron chi connectivity index (χ0n) is 15.2. The molecule has 3 rings (SSSR count). The van der Waals surface area contributed by atoms with Gasteiger partial charge in [0.05, 0.1) is 6.54 Å². The molecule has 2 amide bonds. The Bertz CT molecular complexity index is 784. The summed E-state index contributed by atoms with van der Waals surface area (Å²) in [6.07, 6.45) is 4.49. The lowest BCUT2D eigenvalue weighted by molar-refractivity contribution is -0.114. The minimum atomic E-state index is -0.155. The average Bonchev–Trinajstić information content (AvgIpc) is 2.97. The summed E-state index contributed by atoms with van der Waals surface area (Å²) < 4.78 is 0.989. The smallest absolute Gasteiger partial charge is 0.253 e. The quantitative estimate of drug-likeness (QED) is 0.734. The maximum Gasteiger partial charge on any atom is 0.253 e. The molecule has 0 unspecified atom stereocenters. The Hall–Kier alpha value is -2.34. The van der Waals surface area contributed by atoms with Crippen molar-refractivity contribution in [3.8, 4) is 0 Å². The number of hydrogen-bond donors (Lipinski definition) is 2. The van der Waals surface area contributed by atoms with E-state index in [0.29, 0.717) is 11.3 Å². The van der Waals surface area contributed by atoms with Crippen LogP contribution in [0, 0.1) is 0 Å². The fraction of sp³-hybridized carbons (Fsp3) is 0.333.